The van der Waals surface area contributed by atoms with Gasteiger partial charge < -0.3 is 4.90 Å². The minimum Gasteiger partial charge on any atom is -0.303 e. The lowest BCUT2D eigenvalue weighted by atomic mass is 9.87. The lowest BCUT2D eigenvalue weighted by Gasteiger charge is -2.28. The molecule has 0 radical (unpaired) electrons. The highest BCUT2D eigenvalue weighted by molar-refractivity contribution is 5.81. The van der Waals surface area contributed by atoms with Crippen molar-refractivity contribution in [2.45, 2.75) is 52.4 Å². The first-order valence-corrected chi connectivity index (χ1v) is 6.53. The van der Waals surface area contributed by atoms with Gasteiger partial charge in [0.15, 0.2) is 0 Å². The van der Waals surface area contributed by atoms with E-state index < -0.39 is 0 Å². The van der Waals surface area contributed by atoms with Gasteiger partial charge >= 0.3 is 0 Å². The Bertz CT molecular complexity index is 185. The van der Waals surface area contributed by atoms with Crippen LogP contribution in [0.3, 0.4) is 0 Å². The van der Waals surface area contributed by atoms with Gasteiger partial charge in [0, 0.05) is 18.9 Å². The highest BCUT2D eigenvalue weighted by atomic mass is 16.1. The Morgan fingerprint density at radius 2 is 1.87 bits per heavy atom. The quantitative estimate of drug-likeness (QED) is 0.673. The van der Waals surface area contributed by atoms with Gasteiger partial charge in [0.25, 0.3) is 0 Å². The lowest BCUT2D eigenvalue weighted by Crippen LogP contribution is -2.35. The predicted molar refractivity (Wildman–Crippen MR) is 64.0 cm³/mol. The second kappa shape index (κ2) is 7.00. The Labute approximate surface area is 94.0 Å². The van der Waals surface area contributed by atoms with Crippen LogP contribution in [0.1, 0.15) is 52.4 Å². The molecule has 1 atom stereocenters. The number of carbonyl (C=O) groups is 1. The molecule has 0 spiro atoms. The maximum atomic E-state index is 11.7. The zero-order chi connectivity index (χ0) is 11.1. The molecule has 0 aromatic rings. The van der Waals surface area contributed by atoms with Crippen LogP contribution in [0.4, 0.5) is 0 Å². The Hall–Kier alpha value is -0.370. The standard InChI is InChI=1S/C13H25NO/c1-3-9-14(10-4-2)11-12-7-5-6-8-13(12)15/h12H,3-11H2,1-2H3. The number of hydrogen-bond acceptors (Lipinski definition) is 2. The van der Waals surface area contributed by atoms with Crippen molar-refractivity contribution in [1.82, 2.24) is 4.90 Å². The molecule has 1 aliphatic rings. The molecule has 0 N–H and O–H groups in total. The fourth-order valence-electron chi connectivity index (χ4n) is 2.49. The summed E-state index contributed by atoms with van der Waals surface area (Å²) in [5.74, 6) is 0.857. The first kappa shape index (κ1) is 12.7. The van der Waals surface area contributed by atoms with Crippen molar-refractivity contribution in [3.63, 3.8) is 0 Å². The number of hydrogen-bond donors (Lipinski definition) is 0. The van der Waals surface area contributed by atoms with Gasteiger partial charge in [-0.1, -0.05) is 20.3 Å². The van der Waals surface area contributed by atoms with Crippen molar-refractivity contribution < 1.29 is 4.79 Å². The van der Waals surface area contributed by atoms with Crippen LogP contribution in [-0.4, -0.2) is 30.3 Å². The molecule has 0 heterocycles. The van der Waals surface area contributed by atoms with E-state index in [9.17, 15) is 4.79 Å². The molecule has 1 saturated carbocycles. The molecule has 1 unspecified atom stereocenters. The summed E-state index contributed by atoms with van der Waals surface area (Å²) in [4.78, 5) is 14.2. The SMILES string of the molecule is CCCN(CCC)CC1CCCCC1=O. The second-order valence-corrected chi connectivity index (χ2v) is 4.71. The minimum atomic E-state index is 0.344. The maximum Gasteiger partial charge on any atom is 0.137 e. The first-order valence-electron chi connectivity index (χ1n) is 6.53. The molecule has 0 aromatic carbocycles. The average Bonchev–Trinajstić information content (AvgIpc) is 2.22. The van der Waals surface area contributed by atoms with Crippen LogP contribution < -0.4 is 0 Å². The van der Waals surface area contributed by atoms with Crippen molar-refractivity contribution in [3.8, 4) is 0 Å². The molecule has 1 aliphatic carbocycles. The molecule has 88 valence electrons. The normalized spacial score (nSPS) is 22.3. The van der Waals surface area contributed by atoms with Gasteiger partial charge in [0.1, 0.15) is 5.78 Å². The monoisotopic (exact) mass is 211 g/mol. The van der Waals surface area contributed by atoms with Crippen LogP contribution in [0, 0.1) is 5.92 Å². The fourth-order valence-corrected chi connectivity index (χ4v) is 2.49. The van der Waals surface area contributed by atoms with Crippen molar-refractivity contribution in [1.29, 1.82) is 0 Å². The van der Waals surface area contributed by atoms with E-state index in [4.69, 9.17) is 0 Å². The van der Waals surface area contributed by atoms with E-state index in [0.717, 1.165) is 38.9 Å². The summed E-state index contributed by atoms with van der Waals surface area (Å²) in [6.45, 7) is 7.74. The summed E-state index contributed by atoms with van der Waals surface area (Å²) < 4.78 is 0. The Kier molecular flexibility index (Phi) is 5.92. The summed E-state index contributed by atoms with van der Waals surface area (Å²) in [6.07, 6.45) is 6.72. The molecule has 2 nitrogen and oxygen atoms in total. The van der Waals surface area contributed by atoms with Gasteiger partial charge in [-0.25, -0.2) is 0 Å². The van der Waals surface area contributed by atoms with E-state index in [-0.39, 0.29) is 0 Å². The molecule has 0 aromatic heterocycles. The fraction of sp³-hybridized carbons (Fsp3) is 0.923. The predicted octanol–water partition coefficient (Wildman–Crippen LogP) is 2.87. The van der Waals surface area contributed by atoms with Crippen molar-refractivity contribution in [2.24, 2.45) is 5.92 Å². The molecular formula is C13H25NO. The van der Waals surface area contributed by atoms with Crippen LogP contribution in [0.2, 0.25) is 0 Å². The summed E-state index contributed by atoms with van der Waals surface area (Å²) in [7, 11) is 0. The van der Waals surface area contributed by atoms with Crippen molar-refractivity contribution in [3.05, 3.63) is 0 Å². The third-order valence-corrected chi connectivity index (χ3v) is 3.24. The molecule has 2 heteroatoms. The lowest BCUT2D eigenvalue weighted by molar-refractivity contribution is -0.125. The van der Waals surface area contributed by atoms with Gasteiger partial charge in [-0.15, -0.1) is 0 Å². The zero-order valence-electron chi connectivity index (χ0n) is 10.3. The number of nitrogens with zero attached hydrogens (tertiary/aromatic N) is 1. The van der Waals surface area contributed by atoms with Gasteiger partial charge in [0.2, 0.25) is 0 Å². The van der Waals surface area contributed by atoms with E-state index in [0.29, 0.717) is 11.7 Å². The summed E-state index contributed by atoms with van der Waals surface area (Å²) in [5.41, 5.74) is 0. The number of ketones is 1. The van der Waals surface area contributed by atoms with Crippen LogP contribution in [-0.2, 0) is 4.79 Å². The maximum absolute atomic E-state index is 11.7. The minimum absolute atomic E-state index is 0.344. The Morgan fingerprint density at radius 1 is 1.20 bits per heavy atom. The molecule has 0 aliphatic heterocycles. The molecule has 0 saturated heterocycles. The van der Waals surface area contributed by atoms with Gasteiger partial charge in [-0.3, -0.25) is 4.79 Å². The third kappa shape index (κ3) is 4.33. The first-order chi connectivity index (χ1) is 7.27. The highest BCUT2D eigenvalue weighted by Crippen LogP contribution is 2.21. The number of rotatable bonds is 6. The molecule has 0 bridgehead atoms. The van der Waals surface area contributed by atoms with E-state index in [1.54, 1.807) is 0 Å². The largest absolute Gasteiger partial charge is 0.303 e. The van der Waals surface area contributed by atoms with Crippen LogP contribution in [0.5, 0.6) is 0 Å². The molecule has 0 amide bonds. The number of carbonyl (C=O) groups excluding carboxylic acids is 1. The molecule has 1 fully saturated rings. The van der Waals surface area contributed by atoms with Crippen molar-refractivity contribution >= 4 is 5.78 Å². The topological polar surface area (TPSA) is 20.3 Å². The van der Waals surface area contributed by atoms with Crippen LogP contribution in [0.25, 0.3) is 0 Å². The molecule has 1 rings (SSSR count). The van der Waals surface area contributed by atoms with Crippen LogP contribution >= 0.6 is 0 Å². The average molecular weight is 211 g/mol. The van der Waals surface area contributed by atoms with Crippen molar-refractivity contribution in [2.75, 3.05) is 19.6 Å². The molecular weight excluding hydrogens is 186 g/mol. The van der Waals surface area contributed by atoms with E-state index in [1.807, 2.05) is 0 Å². The van der Waals surface area contributed by atoms with Gasteiger partial charge in [0.05, 0.1) is 0 Å². The number of Topliss-reactive ketones (excluding diaryl/α,β-unsaturated/α-hetero) is 1. The Morgan fingerprint density at radius 3 is 2.40 bits per heavy atom. The smallest absolute Gasteiger partial charge is 0.137 e. The summed E-state index contributed by atoms with van der Waals surface area (Å²) in [6, 6.07) is 0. The van der Waals surface area contributed by atoms with E-state index >= 15 is 0 Å². The summed E-state index contributed by atoms with van der Waals surface area (Å²) >= 11 is 0. The molecule has 15 heavy (non-hydrogen) atoms. The second-order valence-electron chi connectivity index (χ2n) is 4.71. The van der Waals surface area contributed by atoms with E-state index in [1.165, 1.54) is 19.3 Å². The van der Waals surface area contributed by atoms with Crippen LogP contribution in [0.15, 0.2) is 0 Å². The Balaban J connectivity index is 2.37. The van der Waals surface area contributed by atoms with E-state index in [2.05, 4.69) is 18.7 Å². The zero-order valence-corrected chi connectivity index (χ0v) is 10.3. The van der Waals surface area contributed by atoms with Gasteiger partial charge in [-0.2, -0.15) is 0 Å². The van der Waals surface area contributed by atoms with Gasteiger partial charge in [-0.05, 0) is 38.8 Å². The third-order valence-electron chi connectivity index (χ3n) is 3.24. The highest BCUT2D eigenvalue weighted by Gasteiger charge is 2.23. The summed E-state index contributed by atoms with van der Waals surface area (Å²) in [5, 5.41) is 0.